The molecule has 0 radical (unpaired) electrons. The molecule has 1 aromatic heterocycles. The number of aryl methyl sites for hydroxylation is 1. The summed E-state index contributed by atoms with van der Waals surface area (Å²) in [5, 5.41) is 0. The fourth-order valence-corrected chi connectivity index (χ4v) is 1.97. The van der Waals surface area contributed by atoms with Gasteiger partial charge >= 0.3 is 0 Å². The second kappa shape index (κ2) is 3.50. The molecule has 1 aromatic rings. The van der Waals surface area contributed by atoms with Gasteiger partial charge in [0.2, 0.25) is 0 Å². The average Bonchev–Trinajstić information content (AvgIpc) is 2.48. The number of hydrogen-bond donors (Lipinski definition) is 1. The van der Waals surface area contributed by atoms with Crippen molar-refractivity contribution < 1.29 is 0 Å². The maximum Gasteiger partial charge on any atom is 0.0950 e. The normalized spacial score (nSPS) is 27.2. The summed E-state index contributed by atoms with van der Waals surface area (Å²) in [6.45, 7) is 2.20. The average molecular weight is 179 g/mol. The van der Waals surface area contributed by atoms with E-state index in [-0.39, 0.29) is 0 Å². The van der Waals surface area contributed by atoms with Crippen LogP contribution >= 0.6 is 0 Å². The monoisotopic (exact) mass is 179 g/mol. The van der Waals surface area contributed by atoms with Crippen molar-refractivity contribution in [3.8, 4) is 0 Å². The molecule has 0 unspecified atom stereocenters. The van der Waals surface area contributed by atoms with Crippen molar-refractivity contribution in [3.63, 3.8) is 0 Å². The van der Waals surface area contributed by atoms with Gasteiger partial charge in [-0.05, 0) is 19.3 Å². The van der Waals surface area contributed by atoms with Crippen LogP contribution in [-0.2, 0) is 6.42 Å². The Morgan fingerprint density at radius 2 is 2.38 bits per heavy atom. The zero-order valence-corrected chi connectivity index (χ0v) is 8.11. The van der Waals surface area contributed by atoms with Gasteiger partial charge < -0.3 is 10.3 Å². The minimum Gasteiger partial charge on any atom is -0.331 e. The molecule has 1 aliphatic rings. The summed E-state index contributed by atoms with van der Waals surface area (Å²) in [6, 6.07) is 1.04. The lowest BCUT2D eigenvalue weighted by molar-refractivity contribution is 0.261. The molecule has 0 spiro atoms. The van der Waals surface area contributed by atoms with Crippen LogP contribution in [0.4, 0.5) is 0 Å². The topological polar surface area (TPSA) is 43.8 Å². The molecule has 1 heterocycles. The van der Waals surface area contributed by atoms with E-state index in [2.05, 4.69) is 16.5 Å². The number of imidazole rings is 1. The van der Waals surface area contributed by atoms with Crippen LogP contribution in [0.15, 0.2) is 12.5 Å². The molecular formula is C10H17N3. The molecule has 1 saturated carbocycles. The van der Waals surface area contributed by atoms with Crippen molar-refractivity contribution in [3.05, 3.63) is 18.2 Å². The maximum absolute atomic E-state index is 5.77. The summed E-state index contributed by atoms with van der Waals surface area (Å²) in [4.78, 5) is 4.19. The van der Waals surface area contributed by atoms with Crippen molar-refractivity contribution in [2.75, 3.05) is 0 Å². The molecule has 0 aromatic carbocycles. The van der Waals surface area contributed by atoms with Crippen LogP contribution in [0.25, 0.3) is 0 Å². The zero-order chi connectivity index (χ0) is 9.26. The van der Waals surface area contributed by atoms with Gasteiger partial charge in [0, 0.05) is 24.0 Å². The van der Waals surface area contributed by atoms with Gasteiger partial charge in [-0.25, -0.2) is 4.98 Å². The molecular weight excluding hydrogens is 162 g/mol. The van der Waals surface area contributed by atoms with E-state index in [4.69, 9.17) is 5.73 Å². The van der Waals surface area contributed by atoms with E-state index in [9.17, 15) is 0 Å². The van der Waals surface area contributed by atoms with Gasteiger partial charge in [0.1, 0.15) is 0 Å². The highest BCUT2D eigenvalue weighted by atomic mass is 15.1. The molecule has 13 heavy (non-hydrogen) atoms. The zero-order valence-electron chi connectivity index (χ0n) is 8.11. The Morgan fingerprint density at radius 1 is 1.62 bits per heavy atom. The number of nitrogens with zero attached hydrogens (tertiary/aromatic N) is 2. The van der Waals surface area contributed by atoms with Crippen LogP contribution in [0, 0.1) is 0 Å². The first-order chi connectivity index (χ1) is 6.31. The third kappa shape index (κ3) is 1.61. The Morgan fingerprint density at radius 3 is 3.00 bits per heavy atom. The molecule has 1 fully saturated rings. The highest BCUT2D eigenvalue weighted by Crippen LogP contribution is 2.31. The first kappa shape index (κ1) is 8.75. The summed E-state index contributed by atoms with van der Waals surface area (Å²) in [5.74, 6) is 0. The molecule has 2 N–H and O–H groups in total. The molecule has 0 atom stereocenters. The standard InChI is InChI=1S/C10H17N3/c1-2-3-9-6-12-7-13(9)10-4-8(11)5-10/h6-8,10H,2-5,11H2,1H3. The molecule has 1 aliphatic carbocycles. The SMILES string of the molecule is CCCc1cncn1C1CC(N)C1. The van der Waals surface area contributed by atoms with Crippen molar-refractivity contribution in [1.29, 1.82) is 0 Å². The van der Waals surface area contributed by atoms with Gasteiger partial charge in [-0.1, -0.05) is 13.3 Å². The summed E-state index contributed by atoms with van der Waals surface area (Å²) < 4.78 is 2.30. The molecule has 72 valence electrons. The minimum atomic E-state index is 0.418. The number of hydrogen-bond acceptors (Lipinski definition) is 2. The summed E-state index contributed by atoms with van der Waals surface area (Å²) >= 11 is 0. The molecule has 3 heteroatoms. The lowest BCUT2D eigenvalue weighted by Crippen LogP contribution is -2.38. The molecule has 0 amide bonds. The molecule has 0 bridgehead atoms. The second-order valence-electron chi connectivity index (χ2n) is 3.93. The van der Waals surface area contributed by atoms with Gasteiger partial charge in [-0.3, -0.25) is 0 Å². The Bertz CT molecular complexity index is 273. The number of rotatable bonds is 3. The predicted molar refractivity (Wildman–Crippen MR) is 52.5 cm³/mol. The summed E-state index contributed by atoms with van der Waals surface area (Å²) in [5.41, 5.74) is 7.13. The number of nitrogens with two attached hydrogens (primary N) is 1. The van der Waals surface area contributed by atoms with E-state index in [1.54, 1.807) is 0 Å². The molecule has 0 aliphatic heterocycles. The van der Waals surface area contributed by atoms with Crippen LogP contribution in [-0.4, -0.2) is 15.6 Å². The first-order valence-electron chi connectivity index (χ1n) is 5.07. The Labute approximate surface area is 79.0 Å². The Hall–Kier alpha value is -0.830. The van der Waals surface area contributed by atoms with E-state index < -0.39 is 0 Å². The smallest absolute Gasteiger partial charge is 0.0950 e. The van der Waals surface area contributed by atoms with Crippen molar-refractivity contribution in [1.82, 2.24) is 9.55 Å². The van der Waals surface area contributed by atoms with Crippen molar-refractivity contribution in [2.45, 2.75) is 44.7 Å². The van der Waals surface area contributed by atoms with E-state index in [0.29, 0.717) is 12.1 Å². The quantitative estimate of drug-likeness (QED) is 0.764. The predicted octanol–water partition coefficient (Wildman–Crippen LogP) is 1.50. The van der Waals surface area contributed by atoms with Crippen LogP contribution in [0.3, 0.4) is 0 Å². The van der Waals surface area contributed by atoms with E-state index >= 15 is 0 Å². The summed E-state index contributed by atoms with van der Waals surface area (Å²) in [6.07, 6.45) is 8.48. The largest absolute Gasteiger partial charge is 0.331 e. The lowest BCUT2D eigenvalue weighted by atomic mass is 9.87. The highest BCUT2D eigenvalue weighted by molar-refractivity contribution is 5.03. The van der Waals surface area contributed by atoms with E-state index in [1.165, 1.54) is 12.1 Å². The van der Waals surface area contributed by atoms with Crippen molar-refractivity contribution in [2.24, 2.45) is 5.73 Å². The molecule has 2 rings (SSSR count). The van der Waals surface area contributed by atoms with Gasteiger partial charge in [-0.2, -0.15) is 0 Å². The molecule has 3 nitrogen and oxygen atoms in total. The lowest BCUT2D eigenvalue weighted by Gasteiger charge is -2.34. The molecule has 0 saturated heterocycles. The maximum atomic E-state index is 5.77. The third-order valence-electron chi connectivity index (χ3n) is 2.80. The first-order valence-corrected chi connectivity index (χ1v) is 5.07. The Balaban J connectivity index is 2.06. The highest BCUT2D eigenvalue weighted by Gasteiger charge is 2.28. The van der Waals surface area contributed by atoms with Crippen LogP contribution in [0.5, 0.6) is 0 Å². The van der Waals surface area contributed by atoms with E-state index in [1.807, 2.05) is 12.5 Å². The van der Waals surface area contributed by atoms with Crippen LogP contribution < -0.4 is 5.73 Å². The van der Waals surface area contributed by atoms with Gasteiger partial charge in [0.05, 0.1) is 6.33 Å². The van der Waals surface area contributed by atoms with Gasteiger partial charge in [0.25, 0.3) is 0 Å². The number of aromatic nitrogens is 2. The van der Waals surface area contributed by atoms with Gasteiger partial charge in [-0.15, -0.1) is 0 Å². The minimum absolute atomic E-state index is 0.418. The Kier molecular flexibility index (Phi) is 2.36. The summed E-state index contributed by atoms with van der Waals surface area (Å²) in [7, 11) is 0. The van der Waals surface area contributed by atoms with Crippen LogP contribution in [0.2, 0.25) is 0 Å². The third-order valence-corrected chi connectivity index (χ3v) is 2.80. The van der Waals surface area contributed by atoms with E-state index in [0.717, 1.165) is 19.3 Å². The van der Waals surface area contributed by atoms with Crippen molar-refractivity contribution >= 4 is 0 Å². The fourth-order valence-electron chi connectivity index (χ4n) is 1.97. The fraction of sp³-hybridized carbons (Fsp3) is 0.700. The van der Waals surface area contributed by atoms with Crippen LogP contribution in [0.1, 0.15) is 37.9 Å². The second-order valence-corrected chi connectivity index (χ2v) is 3.93. The van der Waals surface area contributed by atoms with Gasteiger partial charge in [0.15, 0.2) is 0 Å².